The summed E-state index contributed by atoms with van der Waals surface area (Å²) in [6, 6.07) is 17.1. The van der Waals surface area contributed by atoms with Crippen LogP contribution in [0.3, 0.4) is 0 Å². The predicted molar refractivity (Wildman–Crippen MR) is 161 cm³/mol. The zero-order valence-corrected chi connectivity index (χ0v) is 26.3. The molecule has 2 fully saturated rings. The van der Waals surface area contributed by atoms with E-state index in [1.54, 1.807) is 21.0 Å². The highest BCUT2D eigenvalue weighted by Crippen LogP contribution is 2.48. The maximum absolute atomic E-state index is 13.9. The minimum atomic E-state index is -0.905. The fourth-order valence-corrected chi connectivity index (χ4v) is 6.23. The Morgan fingerprint density at radius 2 is 1.43 bits per heavy atom. The lowest BCUT2D eigenvalue weighted by Gasteiger charge is -2.40. The normalized spacial score (nSPS) is 24.8. The first-order chi connectivity index (χ1) is 21.1. The Hall–Kier alpha value is -3.70. The van der Waals surface area contributed by atoms with Crippen molar-refractivity contribution < 1.29 is 42.7 Å². The van der Waals surface area contributed by atoms with Crippen molar-refractivity contribution in [3.05, 3.63) is 82.7 Å². The van der Waals surface area contributed by atoms with E-state index in [2.05, 4.69) is 0 Å². The summed E-state index contributed by atoms with van der Waals surface area (Å²) >= 11 is 0. The van der Waals surface area contributed by atoms with E-state index in [4.69, 9.17) is 33.2 Å². The van der Waals surface area contributed by atoms with Gasteiger partial charge in [-0.15, -0.1) is 0 Å². The van der Waals surface area contributed by atoms with Gasteiger partial charge < -0.3 is 38.1 Å². The first kappa shape index (κ1) is 31.7. The molecule has 0 aliphatic carbocycles. The second-order valence-corrected chi connectivity index (χ2v) is 11.3. The van der Waals surface area contributed by atoms with Gasteiger partial charge in [0.15, 0.2) is 12.1 Å². The molecule has 5 rings (SSSR count). The van der Waals surface area contributed by atoms with Crippen molar-refractivity contribution >= 4 is 17.6 Å². The van der Waals surface area contributed by atoms with Crippen molar-refractivity contribution in [2.75, 3.05) is 25.2 Å². The summed E-state index contributed by atoms with van der Waals surface area (Å²) < 4.78 is 42.0. The van der Waals surface area contributed by atoms with Crippen LogP contribution in [0.2, 0.25) is 0 Å². The number of hydrogen-bond donors (Lipinski definition) is 0. The maximum atomic E-state index is 13.9. The van der Waals surface area contributed by atoms with Crippen LogP contribution >= 0.6 is 0 Å². The summed E-state index contributed by atoms with van der Waals surface area (Å²) in [5.41, 5.74) is 3.42. The van der Waals surface area contributed by atoms with Crippen molar-refractivity contribution in [1.29, 1.82) is 0 Å². The summed E-state index contributed by atoms with van der Waals surface area (Å²) in [7, 11) is 1.59. The number of ether oxygens (including phenoxy) is 7. The van der Waals surface area contributed by atoms with Crippen molar-refractivity contribution in [3.8, 4) is 5.75 Å². The molecular formula is C34H41NO9. The topological polar surface area (TPSA) is 102 Å². The number of carbonyl (C=O) groups is 2. The molecule has 0 bridgehead atoms. The molecule has 0 saturated carbocycles. The minimum Gasteiger partial charge on any atom is -0.497 e. The van der Waals surface area contributed by atoms with Gasteiger partial charge in [0.05, 0.1) is 44.0 Å². The van der Waals surface area contributed by atoms with Gasteiger partial charge in [-0.2, -0.15) is 0 Å². The number of methoxy groups -OCH3 is 1. The lowest BCUT2D eigenvalue weighted by molar-refractivity contribution is -0.223. The second-order valence-electron chi connectivity index (χ2n) is 11.3. The fourth-order valence-electron chi connectivity index (χ4n) is 6.23. The summed E-state index contributed by atoms with van der Waals surface area (Å²) in [5.74, 6) is -2.25. The van der Waals surface area contributed by atoms with Crippen molar-refractivity contribution in [1.82, 2.24) is 0 Å². The van der Waals surface area contributed by atoms with Gasteiger partial charge in [-0.05, 0) is 71.4 Å². The molecule has 0 aromatic heterocycles. The number of anilines is 1. The molecule has 44 heavy (non-hydrogen) atoms. The van der Waals surface area contributed by atoms with Crippen LogP contribution in [0, 0.1) is 5.92 Å². The summed E-state index contributed by atoms with van der Waals surface area (Å²) in [6.45, 7) is 11.3. The Kier molecular flexibility index (Phi) is 9.45. The minimum absolute atomic E-state index is 0.146. The monoisotopic (exact) mass is 607 g/mol. The standard InChI is InChI=1S/C34H41NO9/c1-8-39-31(36)25-20(3)35(23-15-17-24(38-7)18-16-23)21(4)26(32(37)40-9-2)27(25)28-29(41-19-22-13-11-10-12-14-22)30-33(42-28)44-34(5,6)43-30/h10-18,27-30,33H,8-9,19H2,1-7H3/t28-,29+,30-,33-/m0/s1. The number of allylic oxidation sites excluding steroid dienone is 2. The first-order valence-electron chi connectivity index (χ1n) is 15.0. The molecule has 236 valence electrons. The number of nitrogens with zero attached hydrogens (tertiary/aromatic N) is 1. The second kappa shape index (κ2) is 13.1. The molecule has 2 saturated heterocycles. The molecule has 4 atom stereocenters. The molecule has 2 aromatic carbocycles. The van der Waals surface area contributed by atoms with Gasteiger partial charge in [-0.3, -0.25) is 0 Å². The number of carbonyl (C=O) groups excluding carboxylic acids is 2. The maximum Gasteiger partial charge on any atom is 0.336 e. The molecule has 3 aliphatic rings. The van der Waals surface area contributed by atoms with Crippen LogP contribution in [0.15, 0.2) is 77.1 Å². The van der Waals surface area contributed by atoms with Gasteiger partial charge in [0.2, 0.25) is 0 Å². The van der Waals surface area contributed by atoms with E-state index < -0.39 is 48.2 Å². The highest BCUT2D eigenvalue weighted by atomic mass is 16.8. The van der Waals surface area contributed by atoms with Gasteiger partial charge in [-0.25, -0.2) is 9.59 Å². The molecule has 0 N–H and O–H groups in total. The summed E-state index contributed by atoms with van der Waals surface area (Å²) in [5, 5.41) is 0. The summed E-state index contributed by atoms with van der Waals surface area (Å²) in [6.07, 6.45) is -2.92. The van der Waals surface area contributed by atoms with Crippen molar-refractivity contribution in [2.24, 2.45) is 5.92 Å². The van der Waals surface area contributed by atoms with E-state index in [0.717, 1.165) is 11.3 Å². The zero-order valence-electron chi connectivity index (χ0n) is 26.3. The highest BCUT2D eigenvalue weighted by molar-refractivity contribution is 6.00. The fraction of sp³-hybridized carbons (Fsp3) is 0.471. The zero-order chi connectivity index (χ0) is 31.6. The lowest BCUT2D eigenvalue weighted by Crippen LogP contribution is -2.47. The van der Waals surface area contributed by atoms with Gasteiger partial charge >= 0.3 is 11.9 Å². The van der Waals surface area contributed by atoms with Crippen LogP contribution in [0.5, 0.6) is 5.75 Å². The van der Waals surface area contributed by atoms with Crippen LogP contribution in [0.4, 0.5) is 5.69 Å². The molecule has 2 aromatic rings. The van der Waals surface area contributed by atoms with Gasteiger partial charge in [0.25, 0.3) is 0 Å². The molecule has 10 nitrogen and oxygen atoms in total. The molecule has 3 heterocycles. The number of fused-ring (bicyclic) bond motifs is 1. The van der Waals surface area contributed by atoms with Crippen LogP contribution in [0.25, 0.3) is 0 Å². The lowest BCUT2D eigenvalue weighted by atomic mass is 9.78. The van der Waals surface area contributed by atoms with Crippen LogP contribution < -0.4 is 9.64 Å². The SMILES string of the molecule is CCOC(=O)C1=C(C)N(c2ccc(OC)cc2)C(C)=C(C(=O)OCC)C1[C@@H]1O[C@H]2OC(C)(C)O[C@H]2[C@@H]1OCc1ccccc1. The number of esters is 2. The molecule has 0 amide bonds. The summed E-state index contributed by atoms with van der Waals surface area (Å²) in [4.78, 5) is 29.6. The predicted octanol–water partition coefficient (Wildman–Crippen LogP) is 5.27. The van der Waals surface area contributed by atoms with Gasteiger partial charge in [-0.1, -0.05) is 30.3 Å². The van der Waals surface area contributed by atoms with Gasteiger partial charge in [0.1, 0.15) is 24.1 Å². The van der Waals surface area contributed by atoms with E-state index in [0.29, 0.717) is 17.1 Å². The average Bonchev–Trinajstić information content (AvgIpc) is 3.47. The molecule has 0 radical (unpaired) electrons. The van der Waals surface area contributed by atoms with Crippen molar-refractivity contribution in [3.63, 3.8) is 0 Å². The highest BCUT2D eigenvalue weighted by Gasteiger charge is 2.60. The molecule has 10 heteroatoms. The van der Waals surface area contributed by atoms with E-state index in [-0.39, 0.29) is 31.0 Å². The Balaban J connectivity index is 1.64. The smallest absolute Gasteiger partial charge is 0.336 e. The number of rotatable bonds is 10. The molecule has 0 unspecified atom stereocenters. The van der Waals surface area contributed by atoms with Crippen LogP contribution in [-0.2, 0) is 44.6 Å². The van der Waals surface area contributed by atoms with Crippen LogP contribution in [-0.4, -0.2) is 62.7 Å². The third-order valence-corrected chi connectivity index (χ3v) is 8.03. The Bertz CT molecular complexity index is 1370. The Morgan fingerprint density at radius 1 is 0.841 bits per heavy atom. The third kappa shape index (κ3) is 6.12. The van der Waals surface area contributed by atoms with Gasteiger partial charge in [0, 0.05) is 17.1 Å². The number of hydrogen-bond acceptors (Lipinski definition) is 10. The Morgan fingerprint density at radius 3 is 1.98 bits per heavy atom. The van der Waals surface area contributed by atoms with E-state index in [1.165, 1.54) is 0 Å². The quantitative estimate of drug-likeness (QED) is 0.332. The molecule has 0 spiro atoms. The van der Waals surface area contributed by atoms with E-state index >= 15 is 0 Å². The van der Waals surface area contributed by atoms with Crippen molar-refractivity contribution in [2.45, 2.75) is 78.5 Å². The van der Waals surface area contributed by atoms with E-state index in [9.17, 15) is 9.59 Å². The van der Waals surface area contributed by atoms with E-state index in [1.807, 2.05) is 87.2 Å². The number of benzene rings is 2. The third-order valence-electron chi connectivity index (χ3n) is 8.03. The van der Waals surface area contributed by atoms with Crippen LogP contribution in [0.1, 0.15) is 47.1 Å². The first-order valence-corrected chi connectivity index (χ1v) is 15.0. The molecule has 3 aliphatic heterocycles. The Labute approximate surface area is 258 Å². The average molecular weight is 608 g/mol. The largest absolute Gasteiger partial charge is 0.497 e. The molecular weight excluding hydrogens is 566 g/mol.